The average Bonchev–Trinajstić information content (AvgIpc) is 2.87. The van der Waals surface area contributed by atoms with Crippen LogP contribution in [0.25, 0.3) is 17.0 Å². The van der Waals surface area contributed by atoms with Crippen molar-refractivity contribution < 1.29 is 4.79 Å². The smallest absolute Gasteiger partial charge is 0.261 e. The van der Waals surface area contributed by atoms with Gasteiger partial charge in [0.1, 0.15) is 11.6 Å². The van der Waals surface area contributed by atoms with Gasteiger partial charge >= 0.3 is 0 Å². The number of carbonyl (C=O) groups is 1. The van der Waals surface area contributed by atoms with Gasteiger partial charge < -0.3 is 10.3 Å². The number of rotatable bonds is 7. The lowest BCUT2D eigenvalue weighted by atomic mass is 10.1. The minimum Gasteiger partial charge on any atom is -0.358 e. The van der Waals surface area contributed by atoms with Crippen molar-refractivity contribution in [2.45, 2.75) is 39.5 Å². The summed E-state index contributed by atoms with van der Waals surface area (Å²) in [4.78, 5) is 15.4. The zero-order chi connectivity index (χ0) is 16.7. The predicted molar refractivity (Wildman–Crippen MR) is 93.8 cm³/mol. The van der Waals surface area contributed by atoms with E-state index in [9.17, 15) is 10.1 Å². The third kappa shape index (κ3) is 4.23. The number of nitrogens with zero attached hydrogens (tertiary/aromatic N) is 1. The number of aromatic nitrogens is 1. The third-order valence-electron chi connectivity index (χ3n) is 3.91. The van der Waals surface area contributed by atoms with Crippen LogP contribution in [0, 0.1) is 18.3 Å². The molecule has 2 aromatic rings. The summed E-state index contributed by atoms with van der Waals surface area (Å²) in [6.45, 7) is 4.72. The molecule has 1 heterocycles. The first kappa shape index (κ1) is 16.8. The first-order chi connectivity index (χ1) is 11.2. The molecule has 4 nitrogen and oxygen atoms in total. The Morgan fingerprint density at radius 1 is 1.30 bits per heavy atom. The highest BCUT2D eigenvalue weighted by Gasteiger charge is 2.12. The first-order valence-electron chi connectivity index (χ1n) is 8.14. The van der Waals surface area contributed by atoms with Gasteiger partial charge in [0.25, 0.3) is 5.91 Å². The summed E-state index contributed by atoms with van der Waals surface area (Å²) >= 11 is 0. The van der Waals surface area contributed by atoms with Gasteiger partial charge in [-0.05, 0) is 25.5 Å². The monoisotopic (exact) mass is 309 g/mol. The van der Waals surface area contributed by atoms with Crippen molar-refractivity contribution in [2.75, 3.05) is 6.54 Å². The van der Waals surface area contributed by atoms with Crippen molar-refractivity contribution in [3.8, 4) is 6.07 Å². The molecule has 0 fully saturated rings. The Balaban J connectivity index is 2.13. The SMILES string of the molecule is CCCCCCNC(=O)/C(C#N)=C/c1c(C)[nH]c2ccccc12. The highest BCUT2D eigenvalue weighted by Crippen LogP contribution is 2.24. The zero-order valence-electron chi connectivity index (χ0n) is 13.8. The van der Waals surface area contributed by atoms with Crippen LogP contribution < -0.4 is 5.32 Å². The number of benzene rings is 1. The van der Waals surface area contributed by atoms with Crippen LogP contribution in [0.3, 0.4) is 0 Å². The predicted octanol–water partition coefficient (Wildman–Crippen LogP) is 4.08. The van der Waals surface area contributed by atoms with Gasteiger partial charge in [0.15, 0.2) is 0 Å². The highest BCUT2D eigenvalue weighted by molar-refractivity contribution is 6.04. The standard InChI is InChI=1S/C19H23N3O/c1-3-4-5-8-11-21-19(23)15(13-20)12-17-14(2)22-18-10-7-6-9-16(17)18/h6-7,9-10,12,22H,3-5,8,11H2,1-2H3,(H,21,23)/b15-12+. The summed E-state index contributed by atoms with van der Waals surface area (Å²) in [5.41, 5.74) is 3.01. The minimum absolute atomic E-state index is 0.147. The Kier molecular flexibility index (Phi) is 5.99. The second-order valence-electron chi connectivity index (χ2n) is 5.70. The number of nitrogens with one attached hydrogen (secondary N) is 2. The lowest BCUT2D eigenvalue weighted by Crippen LogP contribution is -2.25. The first-order valence-corrected chi connectivity index (χ1v) is 8.14. The van der Waals surface area contributed by atoms with Gasteiger partial charge in [-0.25, -0.2) is 0 Å². The second kappa shape index (κ2) is 8.19. The van der Waals surface area contributed by atoms with Gasteiger partial charge in [-0.15, -0.1) is 0 Å². The molecule has 2 N–H and O–H groups in total. The number of fused-ring (bicyclic) bond motifs is 1. The molecular weight excluding hydrogens is 286 g/mol. The fourth-order valence-corrected chi connectivity index (χ4v) is 2.63. The molecule has 0 unspecified atom stereocenters. The van der Waals surface area contributed by atoms with Gasteiger partial charge in [-0.3, -0.25) is 4.79 Å². The molecular formula is C19H23N3O. The number of hydrogen-bond donors (Lipinski definition) is 2. The molecule has 1 amide bonds. The normalized spacial score (nSPS) is 11.4. The summed E-state index contributed by atoms with van der Waals surface area (Å²) in [6, 6.07) is 9.90. The maximum Gasteiger partial charge on any atom is 0.261 e. The van der Waals surface area contributed by atoms with Crippen LogP contribution >= 0.6 is 0 Å². The number of nitriles is 1. The zero-order valence-corrected chi connectivity index (χ0v) is 13.8. The second-order valence-corrected chi connectivity index (χ2v) is 5.70. The molecule has 0 saturated carbocycles. The van der Waals surface area contributed by atoms with Crippen LogP contribution in [0.15, 0.2) is 29.8 Å². The number of carbonyl (C=O) groups excluding carboxylic acids is 1. The lowest BCUT2D eigenvalue weighted by Gasteiger charge is -2.04. The molecule has 0 radical (unpaired) electrons. The topological polar surface area (TPSA) is 68.7 Å². The maximum absolute atomic E-state index is 12.2. The van der Waals surface area contributed by atoms with E-state index in [0.717, 1.165) is 41.4 Å². The van der Waals surface area contributed by atoms with Gasteiger partial charge in [-0.2, -0.15) is 5.26 Å². The lowest BCUT2D eigenvalue weighted by molar-refractivity contribution is -0.117. The van der Waals surface area contributed by atoms with E-state index >= 15 is 0 Å². The molecule has 4 heteroatoms. The van der Waals surface area contributed by atoms with E-state index in [1.807, 2.05) is 37.3 Å². The van der Waals surface area contributed by atoms with Crippen molar-refractivity contribution in [3.63, 3.8) is 0 Å². The van der Waals surface area contributed by atoms with Crippen LogP contribution in [0.5, 0.6) is 0 Å². The van der Waals surface area contributed by atoms with Gasteiger partial charge in [0, 0.05) is 28.7 Å². The van der Waals surface area contributed by atoms with E-state index in [2.05, 4.69) is 17.2 Å². The largest absolute Gasteiger partial charge is 0.358 e. The van der Waals surface area contributed by atoms with Gasteiger partial charge in [0.2, 0.25) is 0 Å². The van der Waals surface area contributed by atoms with E-state index in [4.69, 9.17) is 0 Å². The van der Waals surface area contributed by atoms with Crippen molar-refractivity contribution in [1.29, 1.82) is 5.26 Å². The average molecular weight is 309 g/mol. The van der Waals surface area contributed by atoms with Gasteiger partial charge in [-0.1, -0.05) is 44.4 Å². The number of amides is 1. The van der Waals surface area contributed by atoms with E-state index in [1.54, 1.807) is 6.08 Å². The molecule has 2 rings (SSSR count). The molecule has 0 aliphatic heterocycles. The molecule has 1 aromatic heterocycles. The maximum atomic E-state index is 12.2. The number of para-hydroxylation sites is 1. The van der Waals surface area contributed by atoms with Gasteiger partial charge in [0.05, 0.1) is 0 Å². The molecule has 0 bridgehead atoms. The Labute approximate surface area is 137 Å². The van der Waals surface area contributed by atoms with E-state index in [0.29, 0.717) is 6.54 Å². The number of H-pyrrole nitrogens is 1. The summed E-state index contributed by atoms with van der Waals surface area (Å²) in [5, 5.41) is 13.2. The number of aromatic amines is 1. The van der Waals surface area contributed by atoms with Crippen LogP contribution in [0.1, 0.15) is 43.9 Å². The van der Waals surface area contributed by atoms with E-state index < -0.39 is 0 Å². The molecule has 1 aromatic carbocycles. The quantitative estimate of drug-likeness (QED) is 0.459. The fourth-order valence-electron chi connectivity index (χ4n) is 2.63. The number of unbranched alkanes of at least 4 members (excludes halogenated alkanes) is 3. The molecule has 0 saturated heterocycles. The highest BCUT2D eigenvalue weighted by atomic mass is 16.1. The summed E-state index contributed by atoms with van der Waals surface area (Å²) in [5.74, 6) is -0.298. The van der Waals surface area contributed by atoms with E-state index in [-0.39, 0.29) is 11.5 Å². The van der Waals surface area contributed by atoms with E-state index in [1.165, 1.54) is 6.42 Å². The number of hydrogen-bond acceptors (Lipinski definition) is 2. The van der Waals surface area contributed by atoms with Crippen molar-refractivity contribution in [1.82, 2.24) is 10.3 Å². The number of aryl methyl sites for hydroxylation is 1. The molecule has 0 aliphatic carbocycles. The molecule has 0 aliphatic rings. The fraction of sp³-hybridized carbons (Fsp3) is 0.368. The van der Waals surface area contributed by atoms with Crippen molar-refractivity contribution >= 4 is 22.9 Å². The Bertz CT molecular complexity index is 750. The van der Waals surface area contributed by atoms with Crippen molar-refractivity contribution in [2.24, 2.45) is 0 Å². The van der Waals surface area contributed by atoms with Crippen LogP contribution in [0.4, 0.5) is 0 Å². The summed E-state index contributed by atoms with van der Waals surface area (Å²) in [6.07, 6.45) is 6.06. The molecule has 0 atom stereocenters. The third-order valence-corrected chi connectivity index (χ3v) is 3.91. The minimum atomic E-state index is -0.298. The molecule has 120 valence electrons. The van der Waals surface area contributed by atoms with Crippen LogP contribution in [-0.2, 0) is 4.79 Å². The summed E-state index contributed by atoms with van der Waals surface area (Å²) < 4.78 is 0. The van der Waals surface area contributed by atoms with Crippen LogP contribution in [0.2, 0.25) is 0 Å². The summed E-state index contributed by atoms with van der Waals surface area (Å²) in [7, 11) is 0. The Morgan fingerprint density at radius 3 is 2.83 bits per heavy atom. The van der Waals surface area contributed by atoms with Crippen LogP contribution in [-0.4, -0.2) is 17.4 Å². The Morgan fingerprint density at radius 2 is 2.09 bits per heavy atom. The Hall–Kier alpha value is -2.54. The molecule has 23 heavy (non-hydrogen) atoms. The van der Waals surface area contributed by atoms with Crippen molar-refractivity contribution in [3.05, 3.63) is 41.1 Å². The molecule has 0 spiro atoms.